The monoisotopic (exact) mass is 739 g/mol. The summed E-state index contributed by atoms with van der Waals surface area (Å²) in [6, 6.07) is 0.909. The number of aromatic hydroxyl groups is 2. The number of carbonyl (C=O) groups excluding carboxylic acids is 5. The number of oxime groups is 1. The Balaban J connectivity index is 1.30. The standard InChI is InChI=1S/C27H26ClN7O12S2/c1-26(2,22(42)43)47-32-16(12-8-48-24(29)30-12)14(37)7-11-20(41)33-9-27(23(44)45,49-21(11)33)34-5-6-35(25(34)46)31-19(40)17(38)10-3-4-13(36)18(39)15(10)28/h3-4,8,11,21,36,39H,5-7,9H2,1-2H3,(H2,29,30)(H,31,40)(H,42,43)(H,44,45)/b32-16-/t11?,21-,27-/m1/s1. The molecule has 3 aliphatic heterocycles. The number of aromatic nitrogens is 1. The second kappa shape index (κ2) is 12.7. The highest BCUT2D eigenvalue weighted by molar-refractivity contribution is 8.02. The zero-order chi connectivity index (χ0) is 36.2. The van der Waals surface area contributed by atoms with Crippen LogP contribution in [0.1, 0.15) is 36.3 Å². The molecule has 3 atom stereocenters. The van der Waals surface area contributed by atoms with Gasteiger partial charge in [-0.1, -0.05) is 28.5 Å². The number of thioether (sulfide) groups is 1. The summed E-state index contributed by atoms with van der Waals surface area (Å²) in [5, 5.41) is 43.4. The van der Waals surface area contributed by atoms with E-state index in [2.05, 4.69) is 15.6 Å². The van der Waals surface area contributed by atoms with Crippen LogP contribution >= 0.6 is 34.7 Å². The third kappa shape index (κ3) is 6.15. The smallest absolute Gasteiger partial charge is 0.350 e. The van der Waals surface area contributed by atoms with Crippen molar-refractivity contribution >= 4 is 86.9 Å². The topological polar surface area (TPSA) is 283 Å². The molecule has 1 aromatic carbocycles. The number of rotatable bonds is 12. The molecule has 4 amide bonds. The summed E-state index contributed by atoms with van der Waals surface area (Å²) < 4.78 is 0. The van der Waals surface area contributed by atoms with Crippen molar-refractivity contribution in [2.24, 2.45) is 11.1 Å². The van der Waals surface area contributed by atoms with Crippen LogP contribution in [0.3, 0.4) is 0 Å². The van der Waals surface area contributed by atoms with Crippen molar-refractivity contribution in [3.8, 4) is 11.5 Å². The molecule has 5 rings (SSSR count). The van der Waals surface area contributed by atoms with Crippen LogP contribution in [0.5, 0.6) is 11.5 Å². The van der Waals surface area contributed by atoms with Crippen molar-refractivity contribution in [2.45, 2.75) is 36.1 Å². The van der Waals surface area contributed by atoms with E-state index in [4.69, 9.17) is 22.2 Å². The predicted octanol–water partition coefficient (Wildman–Crippen LogP) is 0.297. The number of hydrogen-bond acceptors (Lipinski definition) is 15. The number of nitrogens with two attached hydrogens (primary N) is 1. The SMILES string of the molecule is CC(C)(O/N=C(\C(=O)CC1C(=O)N2C[C@@](C(=O)O)(N3CCN(NC(=O)C(=O)c4ccc(O)c(O)c4Cl)C3=O)S[C@H]12)c1csc(N)n1)C(=O)O. The molecule has 0 bridgehead atoms. The van der Waals surface area contributed by atoms with E-state index in [0.29, 0.717) is 5.01 Å². The molecule has 260 valence electrons. The fourth-order valence-electron chi connectivity index (χ4n) is 5.08. The predicted molar refractivity (Wildman–Crippen MR) is 168 cm³/mol. The Morgan fingerprint density at radius 2 is 1.88 bits per heavy atom. The Kier molecular flexibility index (Phi) is 9.12. The number of hydrogen-bond donors (Lipinski definition) is 6. The molecule has 3 fully saturated rings. The van der Waals surface area contributed by atoms with Gasteiger partial charge < -0.3 is 35.9 Å². The maximum atomic E-state index is 13.4. The zero-order valence-corrected chi connectivity index (χ0v) is 27.7. The number of urea groups is 1. The lowest BCUT2D eigenvalue weighted by Crippen LogP contribution is -2.60. The van der Waals surface area contributed by atoms with Crippen molar-refractivity contribution in [3.63, 3.8) is 0 Å². The van der Waals surface area contributed by atoms with Gasteiger partial charge in [0, 0.05) is 18.3 Å². The third-order valence-electron chi connectivity index (χ3n) is 7.83. The highest BCUT2D eigenvalue weighted by Gasteiger charge is 2.66. The molecule has 1 aromatic heterocycles. The van der Waals surface area contributed by atoms with Gasteiger partial charge in [-0.15, -0.1) is 11.3 Å². The first kappa shape index (κ1) is 35.2. The van der Waals surface area contributed by atoms with Gasteiger partial charge in [0.15, 0.2) is 28.1 Å². The number of Topliss-reactive ketones (excluding diaryl/α,β-unsaturated/α-hetero) is 2. The number of thiazole rings is 1. The quantitative estimate of drug-likeness (QED) is 0.0426. The summed E-state index contributed by atoms with van der Waals surface area (Å²) >= 11 is 7.57. The van der Waals surface area contributed by atoms with Gasteiger partial charge in [0.2, 0.25) is 16.4 Å². The molecular weight excluding hydrogens is 714 g/mol. The van der Waals surface area contributed by atoms with Crippen LogP contribution in [0.15, 0.2) is 22.7 Å². The zero-order valence-electron chi connectivity index (χ0n) is 25.3. The first-order chi connectivity index (χ1) is 22.9. The minimum atomic E-state index is -2.04. The van der Waals surface area contributed by atoms with E-state index in [1.165, 1.54) is 24.1 Å². The van der Waals surface area contributed by atoms with Gasteiger partial charge >= 0.3 is 23.9 Å². The Hall–Kier alpha value is -5.15. The van der Waals surface area contributed by atoms with E-state index in [9.17, 15) is 54.0 Å². The molecule has 3 aliphatic rings. The fourth-order valence-corrected chi connectivity index (χ4v) is 7.57. The van der Waals surface area contributed by atoms with Crippen LogP contribution in [0.25, 0.3) is 0 Å². The summed E-state index contributed by atoms with van der Waals surface area (Å²) in [6.07, 6.45) is -0.497. The number of β-lactam (4-membered cyclic amide) rings is 1. The van der Waals surface area contributed by atoms with Crippen LogP contribution in [0.2, 0.25) is 5.02 Å². The second-order valence-corrected chi connectivity index (χ2v) is 14.0. The number of aliphatic carboxylic acids is 2. The van der Waals surface area contributed by atoms with Crippen molar-refractivity contribution < 1.29 is 58.8 Å². The number of hydrazine groups is 1. The number of ketones is 2. The number of nitrogen functional groups attached to an aromatic ring is 1. The van der Waals surface area contributed by atoms with Crippen molar-refractivity contribution in [2.75, 3.05) is 25.4 Å². The summed E-state index contributed by atoms with van der Waals surface area (Å²) in [4.78, 5) is 98.8. The van der Waals surface area contributed by atoms with Crippen LogP contribution in [0.4, 0.5) is 9.93 Å². The van der Waals surface area contributed by atoms with Crippen LogP contribution in [0, 0.1) is 5.92 Å². The Morgan fingerprint density at radius 1 is 1.18 bits per heavy atom. The van der Waals surface area contributed by atoms with Gasteiger partial charge in [0.25, 0.3) is 5.78 Å². The molecule has 2 aromatic rings. The minimum absolute atomic E-state index is 0.0240. The highest BCUT2D eigenvalue weighted by Crippen LogP contribution is 2.53. The molecule has 3 saturated heterocycles. The number of phenolic OH excluding ortho intramolecular Hbond substituents is 2. The van der Waals surface area contributed by atoms with E-state index in [0.717, 1.165) is 40.1 Å². The molecular formula is C27H26ClN7O12S2. The number of halogens is 1. The number of nitrogens with one attached hydrogen (secondary N) is 1. The van der Waals surface area contributed by atoms with Gasteiger partial charge in [-0.3, -0.25) is 29.5 Å². The van der Waals surface area contributed by atoms with Crippen LogP contribution in [-0.2, 0) is 28.8 Å². The number of anilines is 1. The summed E-state index contributed by atoms with van der Waals surface area (Å²) in [7, 11) is 0. The van der Waals surface area contributed by atoms with Gasteiger partial charge in [-0.2, -0.15) is 0 Å². The van der Waals surface area contributed by atoms with E-state index < -0.39 is 104 Å². The molecule has 7 N–H and O–H groups in total. The summed E-state index contributed by atoms with van der Waals surface area (Å²) in [6.45, 7) is 1.43. The molecule has 1 unspecified atom stereocenters. The second-order valence-electron chi connectivity index (χ2n) is 11.4. The maximum absolute atomic E-state index is 13.4. The van der Waals surface area contributed by atoms with E-state index >= 15 is 0 Å². The van der Waals surface area contributed by atoms with Crippen molar-refractivity contribution in [1.29, 1.82) is 0 Å². The molecule has 0 spiro atoms. The van der Waals surface area contributed by atoms with E-state index in [1.807, 2.05) is 0 Å². The van der Waals surface area contributed by atoms with Gasteiger partial charge in [0.1, 0.15) is 5.69 Å². The molecule has 0 saturated carbocycles. The average Bonchev–Trinajstić information content (AvgIpc) is 3.74. The van der Waals surface area contributed by atoms with Gasteiger partial charge in [-0.05, 0) is 26.0 Å². The lowest BCUT2D eigenvalue weighted by atomic mass is 9.90. The molecule has 49 heavy (non-hydrogen) atoms. The van der Waals surface area contributed by atoms with Crippen molar-refractivity contribution in [1.82, 2.24) is 25.2 Å². The third-order valence-corrected chi connectivity index (χ3v) is 10.6. The number of carbonyl (C=O) groups is 7. The largest absolute Gasteiger partial charge is 0.504 e. The highest BCUT2D eigenvalue weighted by atomic mass is 35.5. The molecule has 22 heteroatoms. The number of fused-ring (bicyclic) bond motifs is 1. The first-order valence-electron chi connectivity index (χ1n) is 14.0. The fraction of sp³-hybridized carbons (Fsp3) is 0.370. The summed E-state index contributed by atoms with van der Waals surface area (Å²) in [5.41, 5.74) is 5.04. The number of carboxylic acids is 2. The molecule has 0 radical (unpaired) electrons. The number of benzene rings is 1. The molecule has 19 nitrogen and oxygen atoms in total. The lowest BCUT2D eigenvalue weighted by Gasteiger charge is -2.40. The minimum Gasteiger partial charge on any atom is -0.504 e. The van der Waals surface area contributed by atoms with E-state index in [1.54, 1.807) is 0 Å². The lowest BCUT2D eigenvalue weighted by molar-refractivity contribution is -0.161. The van der Waals surface area contributed by atoms with Crippen molar-refractivity contribution in [3.05, 3.63) is 33.8 Å². The summed E-state index contributed by atoms with van der Waals surface area (Å²) in [5.74, 6) is -9.37. The number of amides is 4. The Morgan fingerprint density at radius 3 is 2.49 bits per heavy atom. The maximum Gasteiger partial charge on any atom is 0.350 e. The van der Waals surface area contributed by atoms with Gasteiger partial charge in [0.05, 0.1) is 35.0 Å². The number of phenols is 2. The number of nitrogens with zero attached hydrogens (tertiary/aromatic N) is 5. The van der Waals surface area contributed by atoms with Crippen LogP contribution < -0.4 is 11.2 Å². The van der Waals surface area contributed by atoms with E-state index in [-0.39, 0.29) is 23.9 Å². The molecule has 4 heterocycles. The van der Waals surface area contributed by atoms with Crippen LogP contribution in [-0.4, -0.2) is 123 Å². The molecule has 0 aliphatic carbocycles. The number of carboxylic acid groups (broad SMARTS) is 2. The first-order valence-corrected chi connectivity index (χ1v) is 16.1. The Labute approximate surface area is 288 Å². The van der Waals surface area contributed by atoms with Gasteiger partial charge in [-0.25, -0.2) is 24.4 Å². The normalized spacial score (nSPS) is 22.1. The average molecular weight is 740 g/mol. The Bertz CT molecular complexity index is 1850.